The summed E-state index contributed by atoms with van der Waals surface area (Å²) < 4.78 is 51.9. The lowest BCUT2D eigenvalue weighted by Crippen LogP contribution is -2.31. The number of halogens is 4. The van der Waals surface area contributed by atoms with Gasteiger partial charge < -0.3 is 10.6 Å². The fourth-order valence-electron chi connectivity index (χ4n) is 1.90. The molecule has 0 atom stereocenters. The van der Waals surface area contributed by atoms with E-state index in [1.54, 1.807) is 12.1 Å². The first-order valence-corrected chi connectivity index (χ1v) is 6.86. The normalized spacial score (nSPS) is 10.4. The molecule has 2 N–H and O–H groups in total. The van der Waals surface area contributed by atoms with Crippen molar-refractivity contribution in [2.45, 2.75) is 6.42 Å². The number of amides is 1. The molecule has 0 saturated carbocycles. The lowest BCUT2D eigenvalue weighted by molar-refractivity contribution is -0.119. The summed E-state index contributed by atoms with van der Waals surface area (Å²) in [6.07, 6.45) is 0.506. The summed E-state index contributed by atoms with van der Waals surface area (Å²) in [6, 6.07) is 7.65. The SMILES string of the molecule is O=C(CNc1ccc(F)c(F)c1F)NCCc1ccc(F)cc1. The molecule has 0 unspecified atom stereocenters. The third kappa shape index (κ3) is 4.70. The summed E-state index contributed by atoms with van der Waals surface area (Å²) in [5, 5.41) is 4.97. The number of carbonyl (C=O) groups is 1. The Hall–Kier alpha value is -2.57. The predicted molar refractivity (Wildman–Crippen MR) is 77.9 cm³/mol. The highest BCUT2D eigenvalue weighted by atomic mass is 19.2. The highest BCUT2D eigenvalue weighted by Crippen LogP contribution is 2.19. The monoisotopic (exact) mass is 326 g/mol. The molecule has 0 aromatic heterocycles. The number of carbonyl (C=O) groups excluding carboxylic acids is 1. The lowest BCUT2D eigenvalue weighted by atomic mass is 10.1. The molecule has 0 saturated heterocycles. The minimum Gasteiger partial charge on any atom is -0.374 e. The Labute approximate surface area is 130 Å². The van der Waals surface area contributed by atoms with E-state index in [4.69, 9.17) is 0 Å². The first-order valence-electron chi connectivity index (χ1n) is 6.86. The van der Waals surface area contributed by atoms with Crippen molar-refractivity contribution in [2.24, 2.45) is 0 Å². The number of nitrogens with one attached hydrogen (secondary N) is 2. The fraction of sp³-hybridized carbons (Fsp3) is 0.188. The Bertz CT molecular complexity index is 689. The molecular weight excluding hydrogens is 312 g/mol. The van der Waals surface area contributed by atoms with Gasteiger partial charge in [-0.25, -0.2) is 17.6 Å². The number of hydrogen-bond acceptors (Lipinski definition) is 2. The molecule has 7 heteroatoms. The van der Waals surface area contributed by atoms with Crippen molar-refractivity contribution in [1.82, 2.24) is 5.32 Å². The second kappa shape index (κ2) is 7.62. The van der Waals surface area contributed by atoms with Crippen molar-refractivity contribution in [2.75, 3.05) is 18.4 Å². The summed E-state index contributed by atoms with van der Waals surface area (Å²) in [6.45, 7) is 0.0256. The zero-order chi connectivity index (χ0) is 16.8. The quantitative estimate of drug-likeness (QED) is 0.633. The molecule has 2 aromatic carbocycles. The van der Waals surface area contributed by atoms with Crippen molar-refractivity contribution in [3.8, 4) is 0 Å². The predicted octanol–water partition coefficient (Wildman–Crippen LogP) is 3.01. The van der Waals surface area contributed by atoms with Crippen molar-refractivity contribution in [1.29, 1.82) is 0 Å². The van der Waals surface area contributed by atoms with Crippen LogP contribution in [0.5, 0.6) is 0 Å². The van der Waals surface area contributed by atoms with Crippen LogP contribution in [0.4, 0.5) is 23.2 Å². The molecule has 0 bridgehead atoms. The molecule has 0 aliphatic carbocycles. The minimum atomic E-state index is -1.59. The first kappa shape index (κ1) is 16.8. The van der Waals surface area contributed by atoms with E-state index in [2.05, 4.69) is 10.6 Å². The maximum atomic E-state index is 13.4. The van der Waals surface area contributed by atoms with Crippen molar-refractivity contribution < 1.29 is 22.4 Å². The Morgan fingerprint density at radius 3 is 2.30 bits per heavy atom. The molecule has 122 valence electrons. The summed E-state index contributed by atoms with van der Waals surface area (Å²) in [5.74, 6) is -5.03. The van der Waals surface area contributed by atoms with E-state index in [1.807, 2.05) is 0 Å². The van der Waals surface area contributed by atoms with Gasteiger partial charge in [0.05, 0.1) is 12.2 Å². The highest BCUT2D eigenvalue weighted by Gasteiger charge is 2.13. The molecule has 3 nitrogen and oxygen atoms in total. The summed E-state index contributed by atoms with van der Waals surface area (Å²) in [7, 11) is 0. The van der Waals surface area contributed by atoms with Crippen LogP contribution >= 0.6 is 0 Å². The molecule has 2 aromatic rings. The Morgan fingerprint density at radius 1 is 0.913 bits per heavy atom. The van der Waals surface area contributed by atoms with Crippen LogP contribution in [0.2, 0.25) is 0 Å². The third-order valence-corrected chi connectivity index (χ3v) is 3.12. The molecule has 0 aliphatic heterocycles. The van der Waals surface area contributed by atoms with Gasteiger partial charge in [0.2, 0.25) is 5.91 Å². The minimum absolute atomic E-state index is 0.286. The van der Waals surface area contributed by atoms with Crippen molar-refractivity contribution >= 4 is 11.6 Å². The van der Waals surface area contributed by atoms with E-state index in [-0.39, 0.29) is 18.0 Å². The maximum Gasteiger partial charge on any atom is 0.239 e. The van der Waals surface area contributed by atoms with Gasteiger partial charge in [-0.3, -0.25) is 4.79 Å². The lowest BCUT2D eigenvalue weighted by Gasteiger charge is -2.09. The van der Waals surface area contributed by atoms with Crippen LogP contribution in [0.1, 0.15) is 5.56 Å². The Kier molecular flexibility index (Phi) is 5.56. The number of hydrogen-bond donors (Lipinski definition) is 2. The van der Waals surface area contributed by atoms with Crippen LogP contribution in [0.3, 0.4) is 0 Å². The van der Waals surface area contributed by atoms with E-state index >= 15 is 0 Å². The molecule has 1 amide bonds. The average molecular weight is 326 g/mol. The molecule has 2 rings (SSSR count). The van der Waals surface area contributed by atoms with Gasteiger partial charge in [-0.2, -0.15) is 0 Å². The first-order chi connectivity index (χ1) is 11.0. The number of anilines is 1. The zero-order valence-corrected chi connectivity index (χ0v) is 12.0. The largest absolute Gasteiger partial charge is 0.374 e. The zero-order valence-electron chi connectivity index (χ0n) is 12.0. The molecule has 23 heavy (non-hydrogen) atoms. The van der Waals surface area contributed by atoms with Gasteiger partial charge in [-0.1, -0.05) is 12.1 Å². The smallest absolute Gasteiger partial charge is 0.239 e. The van der Waals surface area contributed by atoms with Crippen LogP contribution < -0.4 is 10.6 Å². The molecule has 0 fully saturated rings. The number of benzene rings is 2. The Morgan fingerprint density at radius 2 is 1.61 bits per heavy atom. The highest BCUT2D eigenvalue weighted by molar-refractivity contribution is 5.80. The topological polar surface area (TPSA) is 41.1 Å². The van der Waals surface area contributed by atoms with Gasteiger partial charge in [0.15, 0.2) is 17.5 Å². The van der Waals surface area contributed by atoms with E-state index in [0.717, 1.165) is 17.7 Å². The second-order valence-electron chi connectivity index (χ2n) is 4.80. The molecule has 0 aliphatic rings. The maximum absolute atomic E-state index is 13.4. The van der Waals surface area contributed by atoms with Crippen LogP contribution in [-0.4, -0.2) is 19.0 Å². The third-order valence-electron chi connectivity index (χ3n) is 3.12. The standard InChI is InChI=1S/C16H14F4N2O/c17-11-3-1-10(2-4-11)7-8-21-14(23)9-22-13-6-5-12(18)15(19)16(13)20/h1-6,22H,7-9H2,(H,21,23). The van der Waals surface area contributed by atoms with Gasteiger partial charge in [0.1, 0.15) is 5.82 Å². The summed E-state index contributed by atoms with van der Waals surface area (Å²) in [4.78, 5) is 11.6. The van der Waals surface area contributed by atoms with Crippen molar-refractivity contribution in [3.05, 3.63) is 65.2 Å². The Balaban J connectivity index is 1.77. The van der Waals surface area contributed by atoms with Gasteiger partial charge in [-0.05, 0) is 36.2 Å². The average Bonchev–Trinajstić information content (AvgIpc) is 2.54. The van der Waals surface area contributed by atoms with E-state index in [0.29, 0.717) is 13.0 Å². The van der Waals surface area contributed by atoms with Crippen LogP contribution in [0.15, 0.2) is 36.4 Å². The molecular formula is C16H14F4N2O. The van der Waals surface area contributed by atoms with Crippen LogP contribution in [0, 0.1) is 23.3 Å². The van der Waals surface area contributed by atoms with Gasteiger partial charge in [0.25, 0.3) is 0 Å². The van der Waals surface area contributed by atoms with Gasteiger partial charge in [-0.15, -0.1) is 0 Å². The van der Waals surface area contributed by atoms with E-state index in [9.17, 15) is 22.4 Å². The van der Waals surface area contributed by atoms with Gasteiger partial charge >= 0.3 is 0 Å². The number of rotatable bonds is 6. The summed E-state index contributed by atoms with van der Waals surface area (Å²) >= 11 is 0. The second-order valence-corrected chi connectivity index (χ2v) is 4.80. The fourth-order valence-corrected chi connectivity index (χ4v) is 1.90. The molecule has 0 radical (unpaired) electrons. The molecule has 0 spiro atoms. The van der Waals surface area contributed by atoms with E-state index in [1.165, 1.54) is 12.1 Å². The van der Waals surface area contributed by atoms with Crippen LogP contribution in [0.25, 0.3) is 0 Å². The van der Waals surface area contributed by atoms with E-state index < -0.39 is 23.4 Å². The van der Waals surface area contributed by atoms with Gasteiger partial charge in [0, 0.05) is 6.54 Å². The van der Waals surface area contributed by atoms with Crippen molar-refractivity contribution in [3.63, 3.8) is 0 Å². The molecule has 0 heterocycles. The summed E-state index contributed by atoms with van der Waals surface area (Å²) in [5.41, 5.74) is 0.559. The van der Waals surface area contributed by atoms with Crippen LogP contribution in [-0.2, 0) is 11.2 Å².